The molecule has 1 aliphatic rings. The summed E-state index contributed by atoms with van der Waals surface area (Å²) in [6.07, 6.45) is 0. The van der Waals surface area contributed by atoms with E-state index in [2.05, 4.69) is 0 Å². The van der Waals surface area contributed by atoms with Gasteiger partial charge in [-0.3, -0.25) is 0 Å². The molecule has 39 heavy (non-hydrogen) atoms. The van der Waals surface area contributed by atoms with Gasteiger partial charge in [-0.1, -0.05) is 0 Å². The van der Waals surface area contributed by atoms with E-state index in [4.69, 9.17) is 0 Å². The van der Waals surface area contributed by atoms with E-state index in [0.717, 1.165) is 0 Å². The maximum atomic E-state index is 11.9. The van der Waals surface area contributed by atoms with Gasteiger partial charge in [-0.25, -0.2) is 0 Å². The van der Waals surface area contributed by atoms with E-state index in [-0.39, 0.29) is 0 Å². The molecule has 234 valence electrons. The molecular formula is O26S13. The van der Waals surface area contributed by atoms with Crippen molar-refractivity contribution in [1.29, 1.82) is 0 Å². The normalized spacial score (nSPS) is 33.3. The Labute approximate surface area is 210 Å². The van der Waals surface area contributed by atoms with Crippen LogP contribution in [-0.2, 0) is 103 Å². The van der Waals surface area contributed by atoms with Gasteiger partial charge in [0, 0.05) is 0 Å². The van der Waals surface area contributed by atoms with Crippen molar-refractivity contribution >= 4 is 103 Å². The second-order valence-corrected chi connectivity index (χ2v) is 58.4. The monoisotopic (exact) mass is 832 g/mol. The van der Waals surface area contributed by atoms with Crippen LogP contribution in [0.4, 0.5) is 0 Å². The fraction of sp³-hybridized carbons (Fsp3) is 0. The molecule has 0 atom stereocenters. The van der Waals surface area contributed by atoms with Crippen molar-refractivity contribution in [3.05, 3.63) is 0 Å². The van der Waals surface area contributed by atoms with Crippen LogP contribution in [0.15, 0.2) is 0 Å². The van der Waals surface area contributed by atoms with Crippen molar-refractivity contribution in [3.63, 3.8) is 0 Å². The Balaban J connectivity index is 5.25. The highest BCUT2D eigenvalue weighted by Crippen LogP contribution is 2.39. The van der Waals surface area contributed by atoms with Gasteiger partial charge in [0.25, 0.3) is 0 Å². The van der Waals surface area contributed by atoms with Crippen LogP contribution in [0.5, 0.6) is 0 Å². The molecule has 39 heteroatoms. The van der Waals surface area contributed by atoms with Crippen LogP contribution in [0.3, 0.4) is 0 Å². The van der Waals surface area contributed by atoms with Crippen molar-refractivity contribution in [2.75, 3.05) is 0 Å². The maximum absolute atomic E-state index is 11.9. The van der Waals surface area contributed by atoms with Gasteiger partial charge in [0.1, 0.15) is 0 Å². The molecule has 0 saturated carbocycles. The van der Waals surface area contributed by atoms with Crippen molar-refractivity contribution in [1.82, 2.24) is 0 Å². The quantitative estimate of drug-likeness (QED) is 0.204. The van der Waals surface area contributed by atoms with Crippen LogP contribution in [0.25, 0.3) is 0 Å². The van der Waals surface area contributed by atoms with Gasteiger partial charge in [0.15, 0.2) is 0 Å². The molecule has 1 rings (SSSR count). The Kier molecular flexibility index (Phi) is 7.69. The molecule has 0 N–H and O–H groups in total. The average molecular weight is 833 g/mol. The molecule has 1 fully saturated rings. The molecule has 0 unspecified atom stereocenters. The van der Waals surface area contributed by atoms with Crippen molar-refractivity contribution < 1.29 is 109 Å². The first kappa shape index (κ1) is 36.4. The first-order chi connectivity index (χ1) is 16.2. The lowest BCUT2D eigenvalue weighted by Gasteiger charge is -2.08. The maximum Gasteiger partial charge on any atom is 0.387 e. The summed E-state index contributed by atoms with van der Waals surface area (Å²) in [5.74, 6) is 0. The van der Waals surface area contributed by atoms with E-state index < -0.39 is 103 Å². The van der Waals surface area contributed by atoms with Gasteiger partial charge in [-0.2, -0.15) is 109 Å². The summed E-state index contributed by atoms with van der Waals surface area (Å²) in [4.78, 5) is 0. The third kappa shape index (κ3) is 3.45. The van der Waals surface area contributed by atoms with Crippen LogP contribution in [0, 0.1) is 0 Å². The minimum absolute atomic E-state index is 8.88. The first-order valence-corrected chi connectivity index (χ1v) is 32.5. The van der Waals surface area contributed by atoms with Crippen molar-refractivity contribution in [2.24, 2.45) is 0 Å². The SMILES string of the molecule is O=S1(=O)S(=O)(=O)S(=O)(=O)S(=O)(=O)S(=O)(=O)S(=O)(=O)S(=O)(=O)S(=O)(=O)S(=O)(=O)S(=O)(=O)S(=O)(=O)S(=O)(=O)S1(=O)=O. The van der Waals surface area contributed by atoms with Gasteiger partial charge in [-0.15, -0.1) is 0 Å². The lowest BCUT2D eigenvalue weighted by atomic mass is 15.9. The molecule has 0 aromatic carbocycles. The van der Waals surface area contributed by atoms with Crippen molar-refractivity contribution in [3.8, 4) is 0 Å². The Morgan fingerprint density at radius 2 is 0.128 bits per heavy atom. The summed E-state index contributed by atoms with van der Waals surface area (Å²) in [5, 5.41) is 0. The van der Waals surface area contributed by atoms with Crippen LogP contribution in [0.1, 0.15) is 0 Å². The Morgan fingerprint density at radius 3 is 0.154 bits per heavy atom. The zero-order valence-corrected chi connectivity index (χ0v) is 26.5. The highest BCUT2D eigenvalue weighted by molar-refractivity contribution is 9.49. The van der Waals surface area contributed by atoms with Gasteiger partial charge >= 0.3 is 103 Å². The second-order valence-electron chi connectivity index (χ2n) is 5.31. The third-order valence-electron chi connectivity index (χ3n) is 3.25. The minimum atomic E-state index is -8.88. The smallest absolute Gasteiger partial charge is 0.194 e. The number of hydrogen-bond acceptors (Lipinski definition) is 26. The fourth-order valence-electron chi connectivity index (χ4n) is 1.33. The minimum Gasteiger partial charge on any atom is -0.194 e. The van der Waals surface area contributed by atoms with Crippen LogP contribution in [-0.4, -0.2) is 109 Å². The fourth-order valence-corrected chi connectivity index (χ4v) is 99.5. The van der Waals surface area contributed by atoms with Crippen LogP contribution >= 0.6 is 0 Å². The molecule has 26 nitrogen and oxygen atoms in total. The van der Waals surface area contributed by atoms with E-state index in [1.54, 1.807) is 0 Å². The molecule has 0 amide bonds. The number of hydrogen-bond donors (Lipinski definition) is 0. The molecule has 0 aromatic rings. The average Bonchev–Trinajstić information content (AvgIpc) is 2.70. The van der Waals surface area contributed by atoms with Gasteiger partial charge in [0.05, 0.1) is 0 Å². The largest absolute Gasteiger partial charge is 0.387 e. The molecule has 0 spiro atoms. The Morgan fingerprint density at radius 1 is 0.103 bits per heavy atom. The molecule has 0 bridgehead atoms. The summed E-state index contributed by atoms with van der Waals surface area (Å²) in [6.45, 7) is 0. The zero-order chi connectivity index (χ0) is 32.5. The van der Waals surface area contributed by atoms with E-state index in [1.165, 1.54) is 0 Å². The van der Waals surface area contributed by atoms with E-state index in [9.17, 15) is 109 Å². The summed E-state index contributed by atoms with van der Waals surface area (Å²) < 4.78 is 309. The summed E-state index contributed by atoms with van der Waals surface area (Å²) in [7, 11) is -115. The van der Waals surface area contributed by atoms with Gasteiger partial charge < -0.3 is 0 Å². The molecule has 1 aliphatic heterocycles. The van der Waals surface area contributed by atoms with Crippen LogP contribution in [0.2, 0.25) is 0 Å². The molecular weight excluding hydrogens is 833 g/mol. The third-order valence-corrected chi connectivity index (χ3v) is 81.2. The lowest BCUT2D eigenvalue weighted by Crippen LogP contribution is -2.42. The molecule has 0 aliphatic carbocycles. The van der Waals surface area contributed by atoms with Crippen molar-refractivity contribution in [2.45, 2.75) is 0 Å². The second kappa shape index (κ2) is 8.25. The van der Waals surface area contributed by atoms with Crippen LogP contribution < -0.4 is 0 Å². The highest BCUT2D eigenvalue weighted by Gasteiger charge is 2.75. The summed E-state index contributed by atoms with van der Waals surface area (Å²) in [5.41, 5.74) is 0. The molecule has 1 heterocycles. The summed E-state index contributed by atoms with van der Waals surface area (Å²) in [6, 6.07) is 0. The van der Waals surface area contributed by atoms with Gasteiger partial charge in [0.2, 0.25) is 0 Å². The van der Waals surface area contributed by atoms with E-state index in [1.807, 2.05) is 0 Å². The Hall–Kier alpha value is -0.650. The van der Waals surface area contributed by atoms with E-state index >= 15 is 0 Å². The van der Waals surface area contributed by atoms with Gasteiger partial charge in [-0.05, 0) is 0 Å². The number of rotatable bonds is 0. The molecule has 1 saturated heterocycles. The predicted molar refractivity (Wildman–Crippen MR) is 116 cm³/mol. The first-order valence-electron chi connectivity index (χ1n) is 6.50. The molecule has 0 aromatic heterocycles. The Bertz CT molecular complexity index is 1840. The highest BCUT2D eigenvalue weighted by atomic mass is 34.1. The lowest BCUT2D eigenvalue weighted by molar-refractivity contribution is 0.571. The zero-order valence-electron chi connectivity index (χ0n) is 15.9. The standard InChI is InChI=1S/O26S13/c1-27(2)28(3,4)30(7,8)32(11,12)34(15,16)36(19,20)38(23,24)39(25,26)37(21,22)35(17,18)33(13,14)31(9,10)29(27,5)6. The molecule has 0 radical (unpaired) electrons. The topological polar surface area (TPSA) is 444 Å². The predicted octanol–water partition coefficient (Wildman–Crippen LogP) is -8.71. The van der Waals surface area contributed by atoms with E-state index in [0.29, 0.717) is 0 Å². The summed E-state index contributed by atoms with van der Waals surface area (Å²) >= 11 is 0.